The highest BCUT2D eigenvalue weighted by Gasteiger charge is 2.23. The van der Waals surface area contributed by atoms with Crippen LogP contribution in [-0.2, 0) is 0 Å². The second-order valence-electron chi connectivity index (χ2n) is 6.97. The van der Waals surface area contributed by atoms with E-state index in [0.717, 1.165) is 19.6 Å². The molecule has 1 heterocycles. The fraction of sp³-hybridized carbons (Fsp3) is 0.526. The molecule has 1 aromatic carbocycles. The summed E-state index contributed by atoms with van der Waals surface area (Å²) in [6.45, 7) is 12.0. The smallest absolute Gasteiger partial charge is 0.295 e. The molecule has 0 saturated heterocycles. The second kappa shape index (κ2) is 9.93. The summed E-state index contributed by atoms with van der Waals surface area (Å²) < 4.78 is 1.32. The van der Waals surface area contributed by atoms with Crippen molar-refractivity contribution in [2.45, 2.75) is 27.7 Å². The molecular formula is C19H28N6O3. The lowest BCUT2D eigenvalue weighted by Crippen LogP contribution is -2.40. The first kappa shape index (κ1) is 21.5. The minimum Gasteiger partial charge on any atom is -0.337 e. The van der Waals surface area contributed by atoms with Gasteiger partial charge in [-0.1, -0.05) is 27.7 Å². The third-order valence-electron chi connectivity index (χ3n) is 4.54. The van der Waals surface area contributed by atoms with Gasteiger partial charge in [-0.05, 0) is 31.1 Å². The van der Waals surface area contributed by atoms with Gasteiger partial charge in [-0.25, -0.2) is 9.67 Å². The first-order valence-electron chi connectivity index (χ1n) is 9.52. The van der Waals surface area contributed by atoms with Crippen molar-refractivity contribution >= 4 is 11.6 Å². The molecule has 1 aromatic heterocycles. The highest BCUT2D eigenvalue weighted by Crippen LogP contribution is 2.24. The third kappa shape index (κ3) is 5.35. The van der Waals surface area contributed by atoms with Crippen LogP contribution in [0, 0.1) is 16.0 Å². The van der Waals surface area contributed by atoms with Crippen LogP contribution in [0.25, 0.3) is 5.69 Å². The number of carbonyl (C=O) groups is 1. The zero-order valence-electron chi connectivity index (χ0n) is 16.9. The molecule has 9 nitrogen and oxygen atoms in total. The van der Waals surface area contributed by atoms with Crippen LogP contribution in [0.15, 0.2) is 30.9 Å². The fourth-order valence-corrected chi connectivity index (χ4v) is 3.03. The highest BCUT2D eigenvalue weighted by molar-refractivity contribution is 5.95. The van der Waals surface area contributed by atoms with Gasteiger partial charge in [0.2, 0.25) is 0 Å². The summed E-state index contributed by atoms with van der Waals surface area (Å²) in [4.78, 5) is 32.0. The van der Waals surface area contributed by atoms with Crippen molar-refractivity contribution in [1.82, 2.24) is 24.6 Å². The number of nitro benzene ring substituents is 1. The normalized spacial score (nSPS) is 11.2. The van der Waals surface area contributed by atoms with Crippen molar-refractivity contribution in [2.24, 2.45) is 5.92 Å². The summed E-state index contributed by atoms with van der Waals surface area (Å²) in [6, 6.07) is 4.47. The molecular weight excluding hydrogens is 360 g/mol. The molecule has 2 rings (SSSR count). The van der Waals surface area contributed by atoms with Crippen molar-refractivity contribution in [3.63, 3.8) is 0 Å². The molecule has 0 fully saturated rings. The van der Waals surface area contributed by atoms with E-state index in [9.17, 15) is 14.9 Å². The Kier molecular flexibility index (Phi) is 7.62. The van der Waals surface area contributed by atoms with Gasteiger partial charge in [0.1, 0.15) is 18.3 Å². The first-order chi connectivity index (χ1) is 13.4. The predicted molar refractivity (Wildman–Crippen MR) is 107 cm³/mol. The van der Waals surface area contributed by atoms with Crippen LogP contribution in [0.2, 0.25) is 0 Å². The predicted octanol–water partition coefficient (Wildman–Crippen LogP) is 2.62. The highest BCUT2D eigenvalue weighted by atomic mass is 16.6. The summed E-state index contributed by atoms with van der Waals surface area (Å²) in [5.74, 6) is 0.0964. The summed E-state index contributed by atoms with van der Waals surface area (Å²) >= 11 is 0. The standard InChI is InChI=1S/C19H28N6O3/c1-5-22(6-2)9-10-23(12-15(3)4)19(26)16-7-8-17(18(11-16)25(27)28)24-14-20-13-21-24/h7-8,11,13-15H,5-6,9-10,12H2,1-4H3. The Labute approximate surface area is 165 Å². The number of nitro groups is 1. The molecule has 0 bridgehead atoms. The van der Waals surface area contributed by atoms with Crippen LogP contribution in [0.4, 0.5) is 5.69 Å². The van der Waals surface area contributed by atoms with E-state index in [2.05, 4.69) is 28.8 Å². The molecule has 28 heavy (non-hydrogen) atoms. The second-order valence-corrected chi connectivity index (χ2v) is 6.97. The van der Waals surface area contributed by atoms with E-state index in [1.54, 1.807) is 11.0 Å². The molecule has 0 aliphatic rings. The van der Waals surface area contributed by atoms with E-state index in [-0.39, 0.29) is 17.3 Å². The van der Waals surface area contributed by atoms with Gasteiger partial charge in [-0.3, -0.25) is 14.9 Å². The maximum absolute atomic E-state index is 13.1. The van der Waals surface area contributed by atoms with Crippen molar-refractivity contribution in [3.8, 4) is 5.69 Å². The lowest BCUT2D eigenvalue weighted by Gasteiger charge is -2.28. The number of hydrogen-bond donors (Lipinski definition) is 0. The Hall–Kier alpha value is -2.81. The van der Waals surface area contributed by atoms with E-state index in [1.165, 1.54) is 29.5 Å². The van der Waals surface area contributed by atoms with E-state index in [0.29, 0.717) is 24.6 Å². The van der Waals surface area contributed by atoms with Crippen molar-refractivity contribution < 1.29 is 9.72 Å². The molecule has 152 valence electrons. The summed E-state index contributed by atoms with van der Waals surface area (Å²) in [7, 11) is 0. The Morgan fingerprint density at radius 3 is 2.50 bits per heavy atom. The van der Waals surface area contributed by atoms with Gasteiger partial charge in [-0.2, -0.15) is 5.10 Å². The fourth-order valence-electron chi connectivity index (χ4n) is 3.03. The Morgan fingerprint density at radius 2 is 1.96 bits per heavy atom. The average molecular weight is 388 g/mol. The number of carbonyl (C=O) groups excluding carboxylic acids is 1. The monoisotopic (exact) mass is 388 g/mol. The van der Waals surface area contributed by atoms with Crippen LogP contribution in [0.5, 0.6) is 0 Å². The zero-order chi connectivity index (χ0) is 20.7. The van der Waals surface area contributed by atoms with Gasteiger partial charge >= 0.3 is 0 Å². The molecule has 0 N–H and O–H groups in total. The Morgan fingerprint density at radius 1 is 1.25 bits per heavy atom. The third-order valence-corrected chi connectivity index (χ3v) is 4.54. The average Bonchev–Trinajstić information content (AvgIpc) is 3.21. The molecule has 2 aromatic rings. The number of likely N-dealkylation sites (N-methyl/N-ethyl adjacent to an activating group) is 1. The van der Waals surface area contributed by atoms with E-state index in [4.69, 9.17) is 0 Å². The van der Waals surface area contributed by atoms with E-state index < -0.39 is 4.92 Å². The zero-order valence-corrected chi connectivity index (χ0v) is 16.9. The lowest BCUT2D eigenvalue weighted by atomic mass is 10.1. The molecule has 0 unspecified atom stereocenters. The van der Waals surface area contributed by atoms with Gasteiger partial charge in [0.05, 0.1) is 4.92 Å². The van der Waals surface area contributed by atoms with Crippen molar-refractivity contribution in [3.05, 3.63) is 46.5 Å². The van der Waals surface area contributed by atoms with Gasteiger partial charge in [0.15, 0.2) is 0 Å². The Bertz CT molecular complexity index is 787. The molecule has 0 radical (unpaired) electrons. The van der Waals surface area contributed by atoms with Crippen LogP contribution in [0.1, 0.15) is 38.1 Å². The molecule has 0 atom stereocenters. The van der Waals surface area contributed by atoms with Crippen LogP contribution < -0.4 is 0 Å². The number of hydrogen-bond acceptors (Lipinski definition) is 6. The van der Waals surface area contributed by atoms with Crippen molar-refractivity contribution in [1.29, 1.82) is 0 Å². The largest absolute Gasteiger partial charge is 0.337 e. The van der Waals surface area contributed by atoms with Gasteiger partial charge < -0.3 is 9.80 Å². The number of nitrogens with zero attached hydrogens (tertiary/aromatic N) is 6. The van der Waals surface area contributed by atoms with Crippen molar-refractivity contribution in [2.75, 3.05) is 32.7 Å². The van der Waals surface area contributed by atoms with Crippen LogP contribution >= 0.6 is 0 Å². The van der Waals surface area contributed by atoms with Gasteiger partial charge in [-0.15, -0.1) is 0 Å². The molecule has 0 aliphatic carbocycles. The first-order valence-corrected chi connectivity index (χ1v) is 9.52. The SMILES string of the molecule is CCN(CC)CCN(CC(C)C)C(=O)c1ccc(-n2cncn2)c([N+](=O)[O-])c1. The number of aromatic nitrogens is 3. The van der Waals surface area contributed by atoms with E-state index >= 15 is 0 Å². The number of benzene rings is 1. The van der Waals surface area contributed by atoms with Crippen LogP contribution in [-0.4, -0.2) is 68.1 Å². The molecule has 0 aliphatic heterocycles. The van der Waals surface area contributed by atoms with E-state index in [1.807, 2.05) is 13.8 Å². The minimum absolute atomic E-state index is 0.176. The topological polar surface area (TPSA) is 97.4 Å². The van der Waals surface area contributed by atoms with Crippen LogP contribution in [0.3, 0.4) is 0 Å². The number of amides is 1. The maximum atomic E-state index is 13.1. The lowest BCUT2D eigenvalue weighted by molar-refractivity contribution is -0.384. The quantitative estimate of drug-likeness (QED) is 0.458. The minimum atomic E-state index is -0.503. The number of rotatable bonds is 10. The summed E-state index contributed by atoms with van der Waals surface area (Å²) in [6.07, 6.45) is 2.69. The van der Waals surface area contributed by atoms with Gasteiger partial charge in [0.25, 0.3) is 11.6 Å². The maximum Gasteiger partial charge on any atom is 0.295 e. The Balaban J connectivity index is 2.30. The molecule has 0 saturated carbocycles. The van der Waals surface area contributed by atoms with Gasteiger partial charge in [0, 0.05) is 31.3 Å². The molecule has 1 amide bonds. The molecule has 9 heteroatoms. The summed E-state index contributed by atoms with van der Waals surface area (Å²) in [5, 5.41) is 15.5. The summed E-state index contributed by atoms with van der Waals surface area (Å²) in [5.41, 5.74) is 0.401. The molecule has 0 spiro atoms.